The summed E-state index contributed by atoms with van der Waals surface area (Å²) in [6.45, 7) is 3.66. The Balaban J connectivity index is 1.75. The lowest BCUT2D eigenvalue weighted by molar-refractivity contribution is -0.119. The lowest BCUT2D eigenvalue weighted by Gasteiger charge is -2.13. The van der Waals surface area contributed by atoms with Crippen molar-refractivity contribution in [2.75, 3.05) is 5.32 Å². The molecule has 0 radical (unpaired) electrons. The highest BCUT2D eigenvalue weighted by Gasteiger charge is 2.18. The molecule has 0 bridgehead atoms. The maximum absolute atomic E-state index is 12.0. The molecule has 3 rings (SSSR count). The third kappa shape index (κ3) is 3.05. The van der Waals surface area contributed by atoms with Crippen molar-refractivity contribution in [1.29, 1.82) is 0 Å². The number of hydrogen-bond donors (Lipinski definition) is 2. The minimum Gasteiger partial charge on any atom is -0.327 e. The van der Waals surface area contributed by atoms with Crippen LogP contribution in [0.2, 0.25) is 0 Å². The summed E-state index contributed by atoms with van der Waals surface area (Å²) in [6, 6.07) is 6.38. The standard InChI is InChI=1S/C17H21N3OS/c1-10(11(2)18)16(21)20-17-19-15(9-22-17)14-7-6-12-4-3-5-13(12)8-14/h6-11H,3-5,18H2,1-2H3,(H,19,20,21). The average Bonchev–Trinajstić information content (AvgIpc) is 3.13. The van der Waals surface area contributed by atoms with Crippen LogP contribution in [0.25, 0.3) is 11.3 Å². The number of rotatable bonds is 4. The minimum atomic E-state index is -0.229. The zero-order valence-electron chi connectivity index (χ0n) is 12.9. The second-order valence-electron chi connectivity index (χ2n) is 6.01. The molecule has 1 aliphatic rings. The van der Waals surface area contributed by atoms with Gasteiger partial charge in [0.15, 0.2) is 5.13 Å². The zero-order chi connectivity index (χ0) is 15.7. The molecule has 0 saturated carbocycles. The predicted octanol–water partition coefficient (Wildman–Crippen LogP) is 3.22. The Morgan fingerprint density at radius 1 is 1.32 bits per heavy atom. The van der Waals surface area contributed by atoms with Crippen molar-refractivity contribution in [2.45, 2.75) is 39.2 Å². The molecule has 2 unspecified atom stereocenters. The van der Waals surface area contributed by atoms with Crippen LogP contribution in [-0.2, 0) is 17.6 Å². The number of nitrogens with two attached hydrogens (primary N) is 1. The molecule has 1 aliphatic carbocycles. The summed E-state index contributed by atoms with van der Waals surface area (Å²) in [5, 5.41) is 5.48. The van der Waals surface area contributed by atoms with E-state index in [2.05, 4.69) is 28.5 Å². The molecule has 0 fully saturated rings. The second kappa shape index (κ2) is 6.18. The van der Waals surface area contributed by atoms with Crippen LogP contribution >= 0.6 is 11.3 Å². The van der Waals surface area contributed by atoms with E-state index in [1.807, 2.05) is 19.2 Å². The summed E-state index contributed by atoms with van der Waals surface area (Å²) >= 11 is 1.45. The van der Waals surface area contributed by atoms with Crippen molar-refractivity contribution in [1.82, 2.24) is 4.98 Å². The Morgan fingerprint density at radius 2 is 2.09 bits per heavy atom. The molecule has 0 saturated heterocycles. The number of nitrogens with zero attached hydrogens (tertiary/aromatic N) is 1. The first-order valence-electron chi connectivity index (χ1n) is 7.69. The van der Waals surface area contributed by atoms with Gasteiger partial charge in [-0.05, 0) is 43.4 Å². The first-order chi connectivity index (χ1) is 10.5. The van der Waals surface area contributed by atoms with Gasteiger partial charge in [0.1, 0.15) is 0 Å². The molecular formula is C17H21N3OS. The van der Waals surface area contributed by atoms with Crippen molar-refractivity contribution >= 4 is 22.4 Å². The number of aromatic nitrogens is 1. The molecule has 4 nitrogen and oxygen atoms in total. The topological polar surface area (TPSA) is 68.0 Å². The Hall–Kier alpha value is -1.72. The van der Waals surface area contributed by atoms with Gasteiger partial charge < -0.3 is 11.1 Å². The van der Waals surface area contributed by atoms with Gasteiger partial charge in [-0.25, -0.2) is 4.98 Å². The maximum atomic E-state index is 12.0. The smallest absolute Gasteiger partial charge is 0.230 e. The molecule has 22 heavy (non-hydrogen) atoms. The zero-order valence-corrected chi connectivity index (χ0v) is 13.7. The molecule has 3 N–H and O–H groups in total. The SMILES string of the molecule is CC(N)C(C)C(=O)Nc1nc(-c2ccc3c(c2)CCC3)cs1. The van der Waals surface area contributed by atoms with Crippen LogP contribution in [0.5, 0.6) is 0 Å². The number of carbonyl (C=O) groups excluding carboxylic acids is 1. The molecular weight excluding hydrogens is 294 g/mol. The summed E-state index contributed by atoms with van der Waals surface area (Å²) in [5.74, 6) is -0.308. The van der Waals surface area contributed by atoms with E-state index in [0.717, 1.165) is 17.7 Å². The highest BCUT2D eigenvalue weighted by Crippen LogP contribution is 2.30. The van der Waals surface area contributed by atoms with Crippen molar-refractivity contribution in [3.8, 4) is 11.3 Å². The molecule has 1 aromatic heterocycles. The molecule has 0 aliphatic heterocycles. The van der Waals surface area contributed by atoms with Gasteiger partial charge in [0.2, 0.25) is 5.91 Å². The summed E-state index contributed by atoms with van der Waals surface area (Å²) in [6.07, 6.45) is 3.58. The third-order valence-corrected chi connectivity index (χ3v) is 5.09. The van der Waals surface area contributed by atoms with Crippen molar-refractivity contribution in [3.63, 3.8) is 0 Å². The predicted molar refractivity (Wildman–Crippen MR) is 91.0 cm³/mol. The van der Waals surface area contributed by atoms with Crippen LogP contribution in [0, 0.1) is 5.92 Å². The normalized spacial score (nSPS) is 16.1. The fourth-order valence-corrected chi connectivity index (χ4v) is 3.38. The van der Waals surface area contributed by atoms with Gasteiger partial charge in [-0.3, -0.25) is 4.79 Å². The van der Waals surface area contributed by atoms with Gasteiger partial charge in [0.05, 0.1) is 11.6 Å². The summed E-state index contributed by atoms with van der Waals surface area (Å²) in [4.78, 5) is 16.6. The summed E-state index contributed by atoms with van der Waals surface area (Å²) in [7, 11) is 0. The maximum Gasteiger partial charge on any atom is 0.230 e. The monoisotopic (exact) mass is 315 g/mol. The van der Waals surface area contributed by atoms with E-state index in [4.69, 9.17) is 5.73 Å². The first kappa shape index (κ1) is 15.2. The molecule has 1 heterocycles. The van der Waals surface area contributed by atoms with Crippen LogP contribution in [0.1, 0.15) is 31.4 Å². The van der Waals surface area contributed by atoms with E-state index in [-0.39, 0.29) is 17.9 Å². The van der Waals surface area contributed by atoms with Gasteiger partial charge >= 0.3 is 0 Å². The van der Waals surface area contributed by atoms with Crippen molar-refractivity contribution in [2.24, 2.45) is 11.7 Å². The number of hydrogen-bond acceptors (Lipinski definition) is 4. The van der Waals surface area contributed by atoms with E-state index >= 15 is 0 Å². The molecule has 5 heteroatoms. The number of thiazole rings is 1. The fourth-order valence-electron chi connectivity index (χ4n) is 2.65. The van der Waals surface area contributed by atoms with Crippen LogP contribution in [0.3, 0.4) is 0 Å². The number of fused-ring (bicyclic) bond motifs is 1. The van der Waals surface area contributed by atoms with Gasteiger partial charge in [-0.1, -0.05) is 19.1 Å². The molecule has 1 amide bonds. The molecule has 2 aromatic rings. The Kier molecular flexibility index (Phi) is 4.27. The Morgan fingerprint density at radius 3 is 2.86 bits per heavy atom. The van der Waals surface area contributed by atoms with Crippen LogP contribution in [-0.4, -0.2) is 16.9 Å². The Bertz CT molecular complexity index is 693. The van der Waals surface area contributed by atoms with E-state index in [9.17, 15) is 4.79 Å². The highest BCUT2D eigenvalue weighted by atomic mass is 32.1. The number of nitrogens with one attached hydrogen (secondary N) is 1. The van der Waals surface area contributed by atoms with Gasteiger partial charge in [-0.2, -0.15) is 0 Å². The number of carbonyl (C=O) groups is 1. The van der Waals surface area contributed by atoms with Crippen molar-refractivity contribution in [3.05, 3.63) is 34.7 Å². The van der Waals surface area contributed by atoms with E-state index < -0.39 is 0 Å². The third-order valence-electron chi connectivity index (χ3n) is 4.33. The summed E-state index contributed by atoms with van der Waals surface area (Å²) < 4.78 is 0. The molecule has 2 atom stereocenters. The second-order valence-corrected chi connectivity index (χ2v) is 6.87. The van der Waals surface area contributed by atoms with Gasteiger partial charge in [0.25, 0.3) is 0 Å². The number of amides is 1. The first-order valence-corrected chi connectivity index (χ1v) is 8.56. The average molecular weight is 315 g/mol. The lowest BCUT2D eigenvalue weighted by atomic mass is 10.0. The highest BCUT2D eigenvalue weighted by molar-refractivity contribution is 7.14. The molecule has 116 valence electrons. The summed E-state index contributed by atoms with van der Waals surface area (Å²) in [5.41, 5.74) is 10.7. The fraction of sp³-hybridized carbons (Fsp3) is 0.412. The van der Waals surface area contributed by atoms with Crippen LogP contribution in [0.15, 0.2) is 23.6 Å². The van der Waals surface area contributed by atoms with E-state index in [0.29, 0.717) is 5.13 Å². The largest absolute Gasteiger partial charge is 0.327 e. The number of aryl methyl sites for hydroxylation is 2. The molecule has 1 aromatic carbocycles. The van der Waals surface area contributed by atoms with Crippen molar-refractivity contribution < 1.29 is 4.79 Å². The van der Waals surface area contributed by atoms with E-state index in [1.54, 1.807) is 0 Å². The van der Waals surface area contributed by atoms with Crippen LogP contribution in [0.4, 0.5) is 5.13 Å². The van der Waals surface area contributed by atoms with E-state index in [1.165, 1.54) is 35.3 Å². The van der Waals surface area contributed by atoms with Gasteiger partial charge in [0, 0.05) is 17.0 Å². The minimum absolute atomic E-state index is 0.0788. The number of anilines is 1. The van der Waals surface area contributed by atoms with Gasteiger partial charge in [-0.15, -0.1) is 11.3 Å². The number of benzene rings is 1. The van der Waals surface area contributed by atoms with Crippen LogP contribution < -0.4 is 11.1 Å². The lowest BCUT2D eigenvalue weighted by Crippen LogP contribution is -2.34. The molecule has 0 spiro atoms. The quantitative estimate of drug-likeness (QED) is 0.910. The Labute approximate surface area is 134 Å².